The number of esters is 1. The van der Waals surface area contributed by atoms with E-state index in [2.05, 4.69) is 10.3 Å². The second kappa shape index (κ2) is 17.2. The molecule has 10 atom stereocenters. The number of aryl methyl sites for hydroxylation is 2. The molecule has 17 heteroatoms. The van der Waals surface area contributed by atoms with Crippen LogP contribution in [0.2, 0.25) is 0 Å². The lowest BCUT2D eigenvalue weighted by Crippen LogP contribution is -3.07. The van der Waals surface area contributed by atoms with Crippen molar-refractivity contribution in [1.82, 2.24) is 5.32 Å². The van der Waals surface area contributed by atoms with E-state index >= 15 is 0 Å². The minimum Gasteiger partial charge on any atom is -0.549 e. The lowest BCUT2D eigenvalue weighted by Gasteiger charge is -2.43. The molecule has 0 bridgehead atoms. The predicted octanol–water partition coefficient (Wildman–Crippen LogP) is -0.402. The van der Waals surface area contributed by atoms with Gasteiger partial charge in [-0.3, -0.25) is 14.6 Å². The zero-order valence-corrected chi connectivity index (χ0v) is 32.1. The summed E-state index contributed by atoms with van der Waals surface area (Å²) in [6, 6.07) is 14.6. The van der Waals surface area contributed by atoms with Crippen LogP contribution in [-0.2, 0) is 23.9 Å². The molecule has 1 aromatic heterocycles. The van der Waals surface area contributed by atoms with Gasteiger partial charge in [0, 0.05) is 30.5 Å². The zero-order valence-electron chi connectivity index (χ0n) is 32.1. The number of rotatable bonds is 14. The minimum absolute atomic E-state index is 0.0259. The Morgan fingerprint density at radius 3 is 2.44 bits per heavy atom. The first kappa shape index (κ1) is 41.4. The topological polar surface area (TPSA) is 254 Å². The highest BCUT2D eigenvalue weighted by Gasteiger charge is 2.54. The number of carbonyl (C=O) groups is 2. The Hall–Kier alpha value is -5.76. The van der Waals surface area contributed by atoms with Crippen molar-refractivity contribution >= 4 is 28.6 Å². The van der Waals surface area contributed by atoms with Crippen molar-refractivity contribution in [3.63, 3.8) is 0 Å². The average molecular weight is 814 g/mol. The molecule has 3 aromatic carbocycles. The van der Waals surface area contributed by atoms with Crippen LogP contribution < -0.4 is 25.7 Å². The van der Waals surface area contributed by atoms with Crippen LogP contribution in [0.3, 0.4) is 0 Å². The van der Waals surface area contributed by atoms with Gasteiger partial charge in [-0.15, -0.1) is 0 Å². The number of hydroxylamine groups is 2. The minimum atomic E-state index is -2.36. The standard InChI is InChI=1S/C42H43N3O14/c1-20-14-21(2)16-24(15-20)33-32-23(10-12-44-32)18-45(33)59-38-36(50)35(49)37(41(54)58-40(53)31(39(51)52)29(43-3)11-13-46)57-42(38)56-26-8-9-27-30(17-26)55-19-28(34(27)48)22-4-6-25(47)7-5-22/h4-10,12,14-19,29,31,33,35-38,41-43,46-47,49-50,54H,11,13H2,1-3H3,(H,51,52). The number of aliphatic hydroxyl groups excluding tert-OH is 4. The van der Waals surface area contributed by atoms with Gasteiger partial charge in [0.2, 0.25) is 18.7 Å². The number of benzene rings is 3. The van der Waals surface area contributed by atoms with Gasteiger partial charge in [-0.2, -0.15) is 9.90 Å². The maximum absolute atomic E-state index is 13.5. The predicted molar refractivity (Wildman–Crippen MR) is 205 cm³/mol. The number of phenolic OH excluding ortho intramolecular Hbond substituents is 1. The molecule has 0 spiro atoms. The van der Waals surface area contributed by atoms with Gasteiger partial charge in [-0.25, -0.2) is 0 Å². The second-order valence-electron chi connectivity index (χ2n) is 14.6. The Morgan fingerprint density at radius 2 is 1.76 bits per heavy atom. The molecule has 4 aromatic rings. The fourth-order valence-corrected chi connectivity index (χ4v) is 7.63. The summed E-state index contributed by atoms with van der Waals surface area (Å²) in [6.07, 6.45) is -5.09. The average Bonchev–Trinajstić information content (AvgIpc) is 3.78. The molecular formula is C42H43N3O14. The number of nitrogens with zero attached hydrogens (tertiary/aromatic N) is 1. The highest BCUT2D eigenvalue weighted by Crippen LogP contribution is 2.32. The quantitative estimate of drug-likeness (QED) is 0.0486. The van der Waals surface area contributed by atoms with E-state index in [1.165, 1.54) is 43.6 Å². The summed E-state index contributed by atoms with van der Waals surface area (Å²) >= 11 is 0. The first-order chi connectivity index (χ1) is 28.3. The van der Waals surface area contributed by atoms with Gasteiger partial charge in [0.1, 0.15) is 53.4 Å². The number of carboxylic acids is 1. The van der Waals surface area contributed by atoms with Gasteiger partial charge in [-0.05, 0) is 75.4 Å². The van der Waals surface area contributed by atoms with Gasteiger partial charge < -0.3 is 59.4 Å². The Labute approximate surface area is 336 Å². The van der Waals surface area contributed by atoms with Crippen molar-refractivity contribution in [2.45, 2.75) is 69.3 Å². The van der Waals surface area contributed by atoms with Crippen LogP contribution in [0.4, 0.5) is 0 Å². The van der Waals surface area contributed by atoms with Crippen molar-refractivity contribution < 1.29 is 68.8 Å². The summed E-state index contributed by atoms with van der Waals surface area (Å²) in [5.74, 6) is -5.24. The van der Waals surface area contributed by atoms with Crippen LogP contribution in [0.5, 0.6) is 11.5 Å². The van der Waals surface area contributed by atoms with E-state index in [1.54, 1.807) is 30.6 Å². The van der Waals surface area contributed by atoms with Crippen LogP contribution in [0.25, 0.3) is 22.1 Å². The molecule has 1 fully saturated rings. The Balaban J connectivity index is 1.21. The molecule has 4 heterocycles. The molecule has 0 radical (unpaired) electrons. The molecule has 7 N–H and O–H groups in total. The molecule has 59 heavy (non-hydrogen) atoms. The fourth-order valence-electron chi connectivity index (χ4n) is 7.63. The van der Waals surface area contributed by atoms with Crippen LogP contribution in [0.15, 0.2) is 105 Å². The summed E-state index contributed by atoms with van der Waals surface area (Å²) in [6.45, 7) is 3.42. The monoisotopic (exact) mass is 813 g/mol. The number of hydrogen-bond donors (Lipinski definition) is 7. The highest BCUT2D eigenvalue weighted by atomic mass is 16.8. The number of aliphatic carboxylic acids is 1. The number of aliphatic imine (C=N–C) groups is 1. The largest absolute Gasteiger partial charge is 0.549 e. The zero-order chi connectivity index (χ0) is 42.1. The van der Waals surface area contributed by atoms with Crippen molar-refractivity contribution in [1.29, 1.82) is 0 Å². The van der Waals surface area contributed by atoms with Crippen molar-refractivity contribution in [2.75, 3.05) is 13.7 Å². The Bertz CT molecular complexity index is 2360. The number of allylic oxidation sites excluding steroid dienone is 1. The lowest BCUT2D eigenvalue weighted by molar-refractivity contribution is -1.07. The second-order valence-corrected chi connectivity index (χ2v) is 14.6. The summed E-state index contributed by atoms with van der Waals surface area (Å²) in [4.78, 5) is 49.6. The summed E-state index contributed by atoms with van der Waals surface area (Å²) in [5.41, 5.74) is 4.74. The highest BCUT2D eigenvalue weighted by molar-refractivity contribution is 6.08. The van der Waals surface area contributed by atoms with Gasteiger partial charge in [0.05, 0.1) is 22.5 Å². The Kier molecular flexibility index (Phi) is 12.1. The number of carboxylic acid groups (broad SMARTS) is 1. The van der Waals surface area contributed by atoms with E-state index in [0.29, 0.717) is 16.3 Å². The molecule has 0 aliphatic carbocycles. The van der Waals surface area contributed by atoms with Crippen LogP contribution in [0, 0.1) is 19.8 Å². The number of ether oxygens (including phenoxy) is 3. The third-order valence-electron chi connectivity index (χ3n) is 10.5. The summed E-state index contributed by atoms with van der Waals surface area (Å²) in [5, 5.41) is 68.4. The van der Waals surface area contributed by atoms with Crippen LogP contribution in [-0.4, -0.2) is 99.9 Å². The molecule has 0 saturated carbocycles. The first-order valence-corrected chi connectivity index (χ1v) is 18.8. The molecule has 17 nitrogen and oxygen atoms in total. The number of phenols is 1. The molecule has 7 rings (SSSR count). The number of aliphatic hydroxyl groups is 4. The summed E-state index contributed by atoms with van der Waals surface area (Å²) < 4.78 is 23.2. The first-order valence-electron chi connectivity index (χ1n) is 18.8. The lowest BCUT2D eigenvalue weighted by atomic mass is 9.96. The molecule has 10 unspecified atom stereocenters. The summed E-state index contributed by atoms with van der Waals surface area (Å²) in [7, 11) is 1.36. The number of quaternary nitrogens is 1. The maximum Gasteiger partial charge on any atom is 0.318 e. The van der Waals surface area contributed by atoms with Crippen molar-refractivity contribution in [3.05, 3.63) is 118 Å². The van der Waals surface area contributed by atoms with Gasteiger partial charge in [-0.1, -0.05) is 29.3 Å². The normalized spacial score (nSPS) is 25.2. The maximum atomic E-state index is 13.5. The number of fused-ring (bicyclic) bond motifs is 2. The van der Waals surface area contributed by atoms with Crippen LogP contribution in [0.1, 0.15) is 29.2 Å². The van der Waals surface area contributed by atoms with Crippen molar-refractivity contribution in [3.8, 4) is 22.6 Å². The van der Waals surface area contributed by atoms with E-state index in [4.69, 9.17) is 23.5 Å². The molecule has 310 valence electrons. The number of aromatic hydroxyl groups is 1. The van der Waals surface area contributed by atoms with Gasteiger partial charge in [0.25, 0.3) is 0 Å². The molecule has 1 saturated heterocycles. The third-order valence-corrected chi connectivity index (χ3v) is 10.5. The van der Waals surface area contributed by atoms with Gasteiger partial charge in [0.15, 0.2) is 17.6 Å². The Morgan fingerprint density at radius 1 is 1.03 bits per heavy atom. The molecular weight excluding hydrogens is 770 g/mol. The number of hydrogen-bond acceptors (Lipinski definition) is 16. The molecule has 3 aliphatic heterocycles. The SMILES string of the molecule is CNC(CCO)C(C(=O)[O-])C(=O)OC(O)C1OC(Oc2ccc3c(=O)c(-c4ccc(O)cc4)coc3c2)C(O[NH+]2C=C3C=CN=C3C2c2cc(C)cc(C)c2)C(O)C1O. The molecule has 0 amide bonds. The van der Waals surface area contributed by atoms with Crippen LogP contribution >= 0.6 is 0 Å². The number of carbonyl (C=O) groups excluding carboxylic acids is 2. The van der Waals surface area contributed by atoms with Crippen molar-refractivity contribution in [2.24, 2.45) is 10.9 Å². The third kappa shape index (κ3) is 8.41. The fraction of sp³-hybridized carbons (Fsp3) is 0.333. The smallest absolute Gasteiger partial charge is 0.318 e. The van der Waals surface area contributed by atoms with E-state index in [0.717, 1.165) is 22.3 Å². The number of nitrogens with one attached hydrogen (secondary N) is 2. The van der Waals surface area contributed by atoms with E-state index in [1.807, 2.05) is 32.0 Å². The van der Waals surface area contributed by atoms with E-state index in [9.17, 15) is 45.0 Å². The molecule has 3 aliphatic rings. The van der Waals surface area contributed by atoms with Gasteiger partial charge >= 0.3 is 5.97 Å². The van der Waals surface area contributed by atoms with E-state index in [-0.39, 0.29) is 39.9 Å². The van der Waals surface area contributed by atoms with E-state index < -0.39 is 73.5 Å².